The summed E-state index contributed by atoms with van der Waals surface area (Å²) in [6, 6.07) is 8.13. The molecule has 1 aromatic heterocycles. The van der Waals surface area contributed by atoms with E-state index in [0.29, 0.717) is 6.42 Å². The number of benzene rings is 1. The van der Waals surface area contributed by atoms with Crippen LogP contribution in [0.3, 0.4) is 0 Å². The largest absolute Gasteiger partial charge is 0.390 e. The van der Waals surface area contributed by atoms with Gasteiger partial charge in [0.05, 0.1) is 16.6 Å². The fourth-order valence-electron chi connectivity index (χ4n) is 2.44. The second-order valence-corrected chi connectivity index (χ2v) is 5.29. The van der Waals surface area contributed by atoms with Gasteiger partial charge >= 0.3 is 0 Å². The van der Waals surface area contributed by atoms with Crippen molar-refractivity contribution in [2.75, 3.05) is 13.6 Å². The molecule has 1 unspecified atom stereocenters. The van der Waals surface area contributed by atoms with Gasteiger partial charge in [-0.25, -0.2) is 4.98 Å². The van der Waals surface area contributed by atoms with E-state index in [1.807, 2.05) is 32.2 Å². The standard InChI is InChI=1S/C15H23N3O/c1-4-18-13-8-6-5-7-12(13)17-14(18)11-15(2,19)9-10-16-3/h5-8,16,19H,4,9-11H2,1-3H3. The second kappa shape index (κ2) is 5.72. The lowest BCUT2D eigenvalue weighted by Gasteiger charge is -2.23. The van der Waals surface area contributed by atoms with Crippen molar-refractivity contribution in [1.29, 1.82) is 0 Å². The highest BCUT2D eigenvalue weighted by molar-refractivity contribution is 5.75. The predicted octanol–water partition coefficient (Wildman–Crippen LogP) is 1.96. The predicted molar refractivity (Wildman–Crippen MR) is 78.3 cm³/mol. The van der Waals surface area contributed by atoms with Crippen LogP contribution in [-0.4, -0.2) is 33.9 Å². The van der Waals surface area contributed by atoms with Crippen molar-refractivity contribution in [2.24, 2.45) is 0 Å². The average Bonchev–Trinajstić information content (AvgIpc) is 2.72. The average molecular weight is 261 g/mol. The molecule has 19 heavy (non-hydrogen) atoms. The van der Waals surface area contributed by atoms with Gasteiger partial charge in [-0.3, -0.25) is 0 Å². The zero-order chi connectivity index (χ0) is 13.9. The summed E-state index contributed by atoms with van der Waals surface area (Å²) in [6.07, 6.45) is 1.30. The summed E-state index contributed by atoms with van der Waals surface area (Å²) in [6.45, 7) is 5.67. The Balaban J connectivity index is 2.29. The number of aryl methyl sites for hydroxylation is 1. The number of imidazole rings is 1. The van der Waals surface area contributed by atoms with Crippen LogP contribution >= 0.6 is 0 Å². The molecule has 0 fully saturated rings. The van der Waals surface area contributed by atoms with Gasteiger partial charge in [0.1, 0.15) is 5.82 Å². The van der Waals surface area contributed by atoms with E-state index in [0.717, 1.165) is 36.4 Å². The molecule has 0 aliphatic carbocycles. The van der Waals surface area contributed by atoms with Crippen molar-refractivity contribution < 1.29 is 5.11 Å². The lowest BCUT2D eigenvalue weighted by atomic mass is 9.97. The fraction of sp³-hybridized carbons (Fsp3) is 0.533. The molecule has 0 aliphatic rings. The van der Waals surface area contributed by atoms with Crippen molar-refractivity contribution in [2.45, 2.75) is 38.8 Å². The Hall–Kier alpha value is -1.39. The molecule has 104 valence electrons. The number of aliphatic hydroxyl groups is 1. The van der Waals surface area contributed by atoms with Crippen LogP contribution in [0.15, 0.2) is 24.3 Å². The molecule has 0 saturated carbocycles. The minimum Gasteiger partial charge on any atom is -0.390 e. The lowest BCUT2D eigenvalue weighted by molar-refractivity contribution is 0.0493. The Labute approximate surface area is 114 Å². The van der Waals surface area contributed by atoms with Gasteiger partial charge in [-0.1, -0.05) is 12.1 Å². The summed E-state index contributed by atoms with van der Waals surface area (Å²) in [7, 11) is 1.90. The number of para-hydroxylation sites is 2. The molecule has 2 rings (SSSR count). The lowest BCUT2D eigenvalue weighted by Crippen LogP contribution is -2.32. The van der Waals surface area contributed by atoms with Crippen LogP contribution in [0.5, 0.6) is 0 Å². The molecule has 4 nitrogen and oxygen atoms in total. The summed E-state index contributed by atoms with van der Waals surface area (Å²) in [5.74, 6) is 0.963. The molecule has 4 heteroatoms. The number of nitrogens with zero attached hydrogens (tertiary/aromatic N) is 2. The van der Waals surface area contributed by atoms with Gasteiger partial charge in [0.15, 0.2) is 0 Å². The topological polar surface area (TPSA) is 50.1 Å². The molecular formula is C15H23N3O. The molecule has 0 spiro atoms. The third-order valence-corrected chi connectivity index (χ3v) is 3.50. The van der Waals surface area contributed by atoms with Gasteiger partial charge in [0.2, 0.25) is 0 Å². The number of rotatable bonds is 6. The molecule has 2 aromatic rings. The molecular weight excluding hydrogens is 238 g/mol. The minimum atomic E-state index is -0.725. The van der Waals surface area contributed by atoms with Crippen LogP contribution in [0.1, 0.15) is 26.1 Å². The monoisotopic (exact) mass is 261 g/mol. The third kappa shape index (κ3) is 3.14. The Morgan fingerprint density at radius 3 is 2.79 bits per heavy atom. The van der Waals surface area contributed by atoms with Gasteiger partial charge < -0.3 is 15.0 Å². The number of hydrogen-bond acceptors (Lipinski definition) is 3. The van der Waals surface area contributed by atoms with E-state index >= 15 is 0 Å². The van der Waals surface area contributed by atoms with Crippen LogP contribution in [-0.2, 0) is 13.0 Å². The van der Waals surface area contributed by atoms with Gasteiger partial charge in [-0.05, 0) is 46.0 Å². The van der Waals surface area contributed by atoms with Crippen molar-refractivity contribution in [3.63, 3.8) is 0 Å². The quantitative estimate of drug-likeness (QED) is 0.835. The van der Waals surface area contributed by atoms with Crippen LogP contribution in [0, 0.1) is 0 Å². The maximum absolute atomic E-state index is 10.5. The van der Waals surface area contributed by atoms with E-state index in [9.17, 15) is 5.11 Å². The Morgan fingerprint density at radius 2 is 2.11 bits per heavy atom. The molecule has 0 saturated heterocycles. The van der Waals surface area contributed by atoms with Crippen molar-refractivity contribution in [3.05, 3.63) is 30.1 Å². The van der Waals surface area contributed by atoms with Crippen molar-refractivity contribution >= 4 is 11.0 Å². The number of fused-ring (bicyclic) bond motifs is 1. The first-order valence-corrected chi connectivity index (χ1v) is 6.88. The molecule has 0 radical (unpaired) electrons. The van der Waals surface area contributed by atoms with Gasteiger partial charge in [0.25, 0.3) is 0 Å². The summed E-state index contributed by atoms with van der Waals surface area (Å²) in [5.41, 5.74) is 1.42. The summed E-state index contributed by atoms with van der Waals surface area (Å²) in [5, 5.41) is 13.5. The van der Waals surface area contributed by atoms with E-state index in [2.05, 4.69) is 27.9 Å². The molecule has 0 bridgehead atoms. The van der Waals surface area contributed by atoms with Crippen molar-refractivity contribution in [1.82, 2.24) is 14.9 Å². The zero-order valence-corrected chi connectivity index (χ0v) is 12.0. The molecule has 0 amide bonds. The Bertz CT molecular complexity index is 545. The third-order valence-electron chi connectivity index (χ3n) is 3.50. The highest BCUT2D eigenvalue weighted by Gasteiger charge is 2.23. The highest BCUT2D eigenvalue weighted by atomic mass is 16.3. The molecule has 1 atom stereocenters. The normalized spacial score (nSPS) is 14.7. The second-order valence-electron chi connectivity index (χ2n) is 5.29. The number of hydrogen-bond donors (Lipinski definition) is 2. The van der Waals surface area contributed by atoms with Gasteiger partial charge in [-0.2, -0.15) is 0 Å². The fourth-order valence-corrected chi connectivity index (χ4v) is 2.44. The molecule has 2 N–H and O–H groups in total. The SMILES string of the molecule is CCn1c(CC(C)(O)CCNC)nc2ccccc21. The maximum Gasteiger partial charge on any atom is 0.112 e. The summed E-state index contributed by atoms with van der Waals surface area (Å²) in [4.78, 5) is 4.66. The zero-order valence-electron chi connectivity index (χ0n) is 12.0. The van der Waals surface area contributed by atoms with E-state index < -0.39 is 5.60 Å². The first-order valence-electron chi connectivity index (χ1n) is 6.88. The molecule has 1 heterocycles. The van der Waals surface area contributed by atoms with Crippen LogP contribution in [0.4, 0.5) is 0 Å². The van der Waals surface area contributed by atoms with Crippen LogP contribution in [0.2, 0.25) is 0 Å². The minimum absolute atomic E-state index is 0.581. The highest BCUT2D eigenvalue weighted by Crippen LogP contribution is 2.21. The van der Waals surface area contributed by atoms with E-state index in [4.69, 9.17) is 0 Å². The van der Waals surface area contributed by atoms with E-state index in [1.165, 1.54) is 0 Å². The smallest absolute Gasteiger partial charge is 0.112 e. The number of aromatic nitrogens is 2. The Kier molecular flexibility index (Phi) is 4.22. The summed E-state index contributed by atoms with van der Waals surface area (Å²) < 4.78 is 2.18. The summed E-state index contributed by atoms with van der Waals surface area (Å²) >= 11 is 0. The maximum atomic E-state index is 10.5. The first-order chi connectivity index (χ1) is 9.07. The first kappa shape index (κ1) is 14.0. The van der Waals surface area contributed by atoms with E-state index in [1.54, 1.807) is 0 Å². The van der Waals surface area contributed by atoms with Gasteiger partial charge in [-0.15, -0.1) is 0 Å². The molecule has 1 aromatic carbocycles. The van der Waals surface area contributed by atoms with Crippen molar-refractivity contribution in [3.8, 4) is 0 Å². The number of nitrogens with one attached hydrogen (secondary N) is 1. The van der Waals surface area contributed by atoms with Gasteiger partial charge in [0, 0.05) is 13.0 Å². The Morgan fingerprint density at radius 1 is 1.37 bits per heavy atom. The van der Waals surface area contributed by atoms with E-state index in [-0.39, 0.29) is 0 Å². The molecule has 0 aliphatic heterocycles. The van der Waals surface area contributed by atoms with Crippen LogP contribution < -0.4 is 5.32 Å². The van der Waals surface area contributed by atoms with Crippen LogP contribution in [0.25, 0.3) is 11.0 Å².